The highest BCUT2D eigenvalue weighted by atomic mass is 32.2. The molecular formula is C17H23N3O6S. The summed E-state index contributed by atoms with van der Waals surface area (Å²) in [5, 5.41) is 14.3. The van der Waals surface area contributed by atoms with E-state index < -0.39 is 27.9 Å². The zero-order valence-electron chi connectivity index (χ0n) is 15.1. The van der Waals surface area contributed by atoms with Crippen molar-refractivity contribution >= 4 is 27.8 Å². The summed E-state index contributed by atoms with van der Waals surface area (Å²) in [6.07, 6.45) is 0.581. The quantitative estimate of drug-likeness (QED) is 0.595. The van der Waals surface area contributed by atoms with Gasteiger partial charge in [-0.1, -0.05) is 20.3 Å². The number of rotatable bonds is 7. The third-order valence-electron chi connectivity index (χ3n) is 4.52. The van der Waals surface area contributed by atoms with Gasteiger partial charge in [-0.15, -0.1) is 0 Å². The fourth-order valence-electron chi connectivity index (χ4n) is 2.66. The second-order valence-corrected chi connectivity index (χ2v) is 8.33. The predicted octanol–water partition coefficient (Wildman–Crippen LogP) is 0.0362. The molecule has 0 aromatic heterocycles. The smallest absolute Gasteiger partial charge is 0.326 e. The van der Waals surface area contributed by atoms with Crippen LogP contribution >= 0.6 is 0 Å². The zero-order chi connectivity index (χ0) is 20.2. The van der Waals surface area contributed by atoms with Gasteiger partial charge in [0.2, 0.25) is 15.9 Å². The van der Waals surface area contributed by atoms with Gasteiger partial charge < -0.3 is 15.7 Å². The Labute approximate surface area is 157 Å². The Morgan fingerprint density at radius 3 is 2.44 bits per heavy atom. The SMILES string of the molecule is CCC(C)C(NC(=O)c1ccc(S(=O)(=O)N2CCNC(=O)C2)cc1)C(=O)O. The van der Waals surface area contributed by atoms with E-state index >= 15 is 0 Å². The third kappa shape index (κ3) is 4.83. The summed E-state index contributed by atoms with van der Waals surface area (Å²) >= 11 is 0. The molecule has 1 aliphatic rings. The number of nitrogens with zero attached hydrogens (tertiary/aromatic N) is 1. The Hall–Kier alpha value is -2.46. The molecule has 0 aliphatic carbocycles. The normalized spacial score (nSPS) is 17.6. The Morgan fingerprint density at radius 1 is 1.30 bits per heavy atom. The molecule has 27 heavy (non-hydrogen) atoms. The number of hydrogen-bond donors (Lipinski definition) is 3. The molecule has 0 bridgehead atoms. The van der Waals surface area contributed by atoms with Crippen LogP contribution in [0.3, 0.4) is 0 Å². The summed E-state index contributed by atoms with van der Waals surface area (Å²) in [4.78, 5) is 35.0. The topological polar surface area (TPSA) is 133 Å². The van der Waals surface area contributed by atoms with Crippen molar-refractivity contribution in [3.05, 3.63) is 29.8 Å². The number of hydrogen-bond acceptors (Lipinski definition) is 5. The summed E-state index contributed by atoms with van der Waals surface area (Å²) in [7, 11) is -3.84. The second-order valence-electron chi connectivity index (χ2n) is 6.39. The monoisotopic (exact) mass is 397 g/mol. The van der Waals surface area contributed by atoms with Crippen molar-refractivity contribution in [1.29, 1.82) is 0 Å². The van der Waals surface area contributed by atoms with Gasteiger partial charge in [0, 0.05) is 18.7 Å². The minimum Gasteiger partial charge on any atom is -0.480 e. The van der Waals surface area contributed by atoms with E-state index in [4.69, 9.17) is 0 Å². The van der Waals surface area contributed by atoms with Crippen molar-refractivity contribution < 1.29 is 27.9 Å². The molecule has 10 heteroatoms. The minimum absolute atomic E-state index is 0.0366. The molecule has 1 heterocycles. The second kappa shape index (κ2) is 8.49. The van der Waals surface area contributed by atoms with Gasteiger partial charge in [-0.05, 0) is 30.2 Å². The van der Waals surface area contributed by atoms with Crippen LogP contribution in [0.1, 0.15) is 30.6 Å². The number of carboxylic acid groups (broad SMARTS) is 1. The van der Waals surface area contributed by atoms with Crippen LogP contribution < -0.4 is 10.6 Å². The number of sulfonamides is 1. The highest BCUT2D eigenvalue weighted by molar-refractivity contribution is 7.89. The predicted molar refractivity (Wildman–Crippen MR) is 96.6 cm³/mol. The summed E-state index contributed by atoms with van der Waals surface area (Å²) in [6, 6.07) is 4.16. The lowest BCUT2D eigenvalue weighted by Crippen LogP contribution is -2.49. The number of amides is 2. The molecule has 1 aromatic rings. The summed E-state index contributed by atoms with van der Waals surface area (Å²) in [6.45, 7) is 3.72. The first-order chi connectivity index (χ1) is 12.7. The van der Waals surface area contributed by atoms with Crippen LogP contribution in [-0.4, -0.2) is 61.3 Å². The van der Waals surface area contributed by atoms with E-state index in [9.17, 15) is 27.9 Å². The van der Waals surface area contributed by atoms with E-state index in [1.54, 1.807) is 6.92 Å². The Bertz CT molecular complexity index is 822. The summed E-state index contributed by atoms with van der Waals surface area (Å²) in [5.74, 6) is -2.34. The molecule has 1 fully saturated rings. The first-order valence-electron chi connectivity index (χ1n) is 8.57. The molecule has 0 spiro atoms. The van der Waals surface area contributed by atoms with E-state index in [0.717, 1.165) is 4.31 Å². The van der Waals surface area contributed by atoms with E-state index in [2.05, 4.69) is 10.6 Å². The number of benzene rings is 1. The average Bonchev–Trinajstić information content (AvgIpc) is 2.65. The Kier molecular flexibility index (Phi) is 6.55. The molecule has 148 valence electrons. The largest absolute Gasteiger partial charge is 0.480 e. The van der Waals surface area contributed by atoms with Crippen molar-refractivity contribution in [2.24, 2.45) is 5.92 Å². The molecule has 0 radical (unpaired) electrons. The molecule has 2 amide bonds. The van der Waals surface area contributed by atoms with Crippen LogP contribution in [-0.2, 0) is 19.6 Å². The van der Waals surface area contributed by atoms with Gasteiger partial charge in [-0.25, -0.2) is 13.2 Å². The van der Waals surface area contributed by atoms with Crippen LogP contribution in [0.2, 0.25) is 0 Å². The lowest BCUT2D eigenvalue weighted by atomic mass is 9.99. The fraction of sp³-hybridized carbons (Fsp3) is 0.471. The van der Waals surface area contributed by atoms with E-state index in [1.807, 2.05) is 6.92 Å². The number of piperazine rings is 1. The standard InChI is InChI=1S/C17H23N3O6S/c1-3-11(2)15(17(23)24)19-16(22)12-4-6-13(7-5-12)27(25,26)20-9-8-18-14(21)10-20/h4-7,11,15H,3,8-10H2,1-2H3,(H,18,21)(H,19,22)(H,23,24). The van der Waals surface area contributed by atoms with Gasteiger partial charge in [-0.3, -0.25) is 9.59 Å². The minimum atomic E-state index is -3.84. The van der Waals surface area contributed by atoms with E-state index in [1.165, 1.54) is 24.3 Å². The Morgan fingerprint density at radius 2 is 1.93 bits per heavy atom. The molecule has 3 N–H and O–H groups in total. The van der Waals surface area contributed by atoms with Gasteiger partial charge in [0.1, 0.15) is 6.04 Å². The van der Waals surface area contributed by atoms with Crippen LogP contribution in [0.5, 0.6) is 0 Å². The van der Waals surface area contributed by atoms with Gasteiger partial charge in [0.25, 0.3) is 5.91 Å². The van der Waals surface area contributed by atoms with Gasteiger partial charge in [0.05, 0.1) is 11.4 Å². The van der Waals surface area contributed by atoms with Crippen molar-refractivity contribution in [1.82, 2.24) is 14.9 Å². The molecule has 9 nitrogen and oxygen atoms in total. The van der Waals surface area contributed by atoms with Crippen molar-refractivity contribution in [3.8, 4) is 0 Å². The van der Waals surface area contributed by atoms with E-state index in [0.29, 0.717) is 6.42 Å². The molecule has 2 unspecified atom stereocenters. The lowest BCUT2D eigenvalue weighted by Gasteiger charge is -2.26. The highest BCUT2D eigenvalue weighted by Crippen LogP contribution is 2.17. The summed E-state index contributed by atoms with van der Waals surface area (Å²) in [5.41, 5.74) is 0.153. The van der Waals surface area contributed by atoms with Crippen LogP contribution in [0.15, 0.2) is 29.2 Å². The molecular weight excluding hydrogens is 374 g/mol. The molecule has 0 saturated carbocycles. The first-order valence-corrected chi connectivity index (χ1v) is 10.0. The first kappa shape index (κ1) is 20.8. The number of nitrogens with one attached hydrogen (secondary N) is 2. The number of carbonyl (C=O) groups is 3. The molecule has 1 aliphatic heterocycles. The molecule has 2 atom stereocenters. The molecule has 1 saturated heterocycles. The Balaban J connectivity index is 2.15. The van der Waals surface area contributed by atoms with Crippen LogP contribution in [0.25, 0.3) is 0 Å². The summed E-state index contributed by atoms with van der Waals surface area (Å²) < 4.78 is 26.2. The zero-order valence-corrected chi connectivity index (χ0v) is 16.0. The maximum absolute atomic E-state index is 12.6. The fourth-order valence-corrected chi connectivity index (χ4v) is 4.05. The number of carboxylic acids is 1. The van der Waals surface area contributed by atoms with E-state index in [-0.39, 0.29) is 41.9 Å². The number of carbonyl (C=O) groups excluding carboxylic acids is 2. The maximum Gasteiger partial charge on any atom is 0.326 e. The molecule has 2 rings (SSSR count). The van der Waals surface area contributed by atoms with Crippen LogP contribution in [0.4, 0.5) is 0 Å². The lowest BCUT2D eigenvalue weighted by molar-refractivity contribution is -0.140. The van der Waals surface area contributed by atoms with Crippen LogP contribution in [0, 0.1) is 5.92 Å². The third-order valence-corrected chi connectivity index (χ3v) is 6.38. The van der Waals surface area contributed by atoms with Gasteiger partial charge in [0.15, 0.2) is 0 Å². The van der Waals surface area contributed by atoms with Crippen molar-refractivity contribution in [3.63, 3.8) is 0 Å². The number of aliphatic carboxylic acids is 1. The molecule has 1 aromatic carbocycles. The van der Waals surface area contributed by atoms with Crippen molar-refractivity contribution in [2.45, 2.75) is 31.2 Å². The maximum atomic E-state index is 12.6. The average molecular weight is 397 g/mol. The van der Waals surface area contributed by atoms with Crippen molar-refractivity contribution in [2.75, 3.05) is 19.6 Å². The van der Waals surface area contributed by atoms with Gasteiger partial charge >= 0.3 is 5.97 Å². The van der Waals surface area contributed by atoms with Gasteiger partial charge in [-0.2, -0.15) is 4.31 Å². The highest BCUT2D eigenvalue weighted by Gasteiger charge is 2.30.